The number of esters is 1. The molecule has 1 aromatic heterocycles. The van der Waals surface area contributed by atoms with Crippen LogP contribution in [0.2, 0.25) is 0 Å². The summed E-state index contributed by atoms with van der Waals surface area (Å²) in [6.45, 7) is -0.314. The molecule has 2 aliphatic rings. The maximum atomic E-state index is 12.7. The average Bonchev–Trinajstić information content (AvgIpc) is 3.34. The molecule has 0 unspecified atom stereocenters. The van der Waals surface area contributed by atoms with E-state index >= 15 is 0 Å². The van der Waals surface area contributed by atoms with Crippen molar-refractivity contribution >= 4 is 17.6 Å². The van der Waals surface area contributed by atoms with Crippen LogP contribution < -0.4 is 4.74 Å². The van der Waals surface area contributed by atoms with Crippen molar-refractivity contribution in [3.63, 3.8) is 0 Å². The molecule has 28 heavy (non-hydrogen) atoms. The number of hydrogen-bond acceptors (Lipinski definition) is 6. The summed E-state index contributed by atoms with van der Waals surface area (Å²) in [5.74, 6) is 0.669. The number of nitrogens with zero attached hydrogens (tertiary/aromatic N) is 2. The number of amides is 1. The lowest BCUT2D eigenvalue weighted by atomic mass is 9.86. The summed E-state index contributed by atoms with van der Waals surface area (Å²) in [6, 6.07) is 10.7. The van der Waals surface area contributed by atoms with Gasteiger partial charge in [0.1, 0.15) is 17.6 Å². The van der Waals surface area contributed by atoms with Gasteiger partial charge in [-0.3, -0.25) is 9.59 Å². The van der Waals surface area contributed by atoms with Crippen molar-refractivity contribution in [2.75, 3.05) is 13.7 Å². The second kappa shape index (κ2) is 7.88. The largest absolute Gasteiger partial charge is 0.497 e. The first-order chi connectivity index (χ1) is 13.7. The van der Waals surface area contributed by atoms with Crippen molar-refractivity contribution in [2.24, 2.45) is 11.0 Å². The molecule has 2 aromatic rings. The van der Waals surface area contributed by atoms with Crippen molar-refractivity contribution in [1.82, 2.24) is 5.01 Å². The molecule has 0 N–H and O–H groups in total. The lowest BCUT2D eigenvalue weighted by molar-refractivity contribution is -0.158. The number of furan rings is 1. The van der Waals surface area contributed by atoms with E-state index in [4.69, 9.17) is 13.9 Å². The molecule has 1 aromatic carbocycles. The monoisotopic (exact) mass is 382 g/mol. The molecule has 1 aliphatic heterocycles. The summed E-state index contributed by atoms with van der Waals surface area (Å²) < 4.78 is 15.9. The predicted molar refractivity (Wildman–Crippen MR) is 101 cm³/mol. The van der Waals surface area contributed by atoms with Gasteiger partial charge in [-0.2, -0.15) is 5.10 Å². The van der Waals surface area contributed by atoms with Crippen LogP contribution in [0, 0.1) is 5.92 Å². The van der Waals surface area contributed by atoms with Crippen LogP contribution in [0.1, 0.15) is 43.0 Å². The van der Waals surface area contributed by atoms with E-state index in [1.807, 2.05) is 30.3 Å². The van der Waals surface area contributed by atoms with Crippen LogP contribution in [-0.2, 0) is 14.3 Å². The first-order valence-electron chi connectivity index (χ1n) is 9.39. The van der Waals surface area contributed by atoms with E-state index in [0.29, 0.717) is 12.2 Å². The number of rotatable bonds is 6. The van der Waals surface area contributed by atoms with Crippen molar-refractivity contribution < 1.29 is 23.5 Å². The van der Waals surface area contributed by atoms with E-state index in [0.717, 1.165) is 36.3 Å². The van der Waals surface area contributed by atoms with E-state index in [9.17, 15) is 9.59 Å². The Morgan fingerprint density at radius 1 is 1.21 bits per heavy atom. The molecule has 146 valence electrons. The maximum absolute atomic E-state index is 12.7. The van der Waals surface area contributed by atoms with E-state index in [2.05, 4.69) is 5.10 Å². The normalized spacial score (nSPS) is 19.1. The molecule has 0 radical (unpaired) electrons. The molecule has 0 spiro atoms. The number of hydrogen-bond donors (Lipinski definition) is 0. The van der Waals surface area contributed by atoms with Gasteiger partial charge in [0.2, 0.25) is 0 Å². The van der Waals surface area contributed by atoms with E-state index < -0.39 is 0 Å². The third kappa shape index (κ3) is 3.65. The van der Waals surface area contributed by atoms with Crippen molar-refractivity contribution in [3.05, 3.63) is 54.0 Å². The van der Waals surface area contributed by atoms with Gasteiger partial charge in [-0.1, -0.05) is 6.42 Å². The number of ether oxygens (including phenoxy) is 2. The maximum Gasteiger partial charge on any atom is 0.309 e. The van der Waals surface area contributed by atoms with Gasteiger partial charge in [0, 0.05) is 6.42 Å². The number of hydrazone groups is 1. The lowest BCUT2D eigenvalue weighted by Gasteiger charge is -2.24. The summed E-state index contributed by atoms with van der Waals surface area (Å²) >= 11 is 0. The fraction of sp³-hybridized carbons (Fsp3) is 0.381. The highest BCUT2D eigenvalue weighted by Gasteiger charge is 2.36. The number of benzene rings is 1. The molecule has 1 amide bonds. The third-order valence-corrected chi connectivity index (χ3v) is 5.24. The summed E-state index contributed by atoms with van der Waals surface area (Å²) in [5.41, 5.74) is 1.67. The molecular weight excluding hydrogens is 360 g/mol. The zero-order valence-electron chi connectivity index (χ0n) is 15.7. The van der Waals surface area contributed by atoms with Gasteiger partial charge in [-0.25, -0.2) is 5.01 Å². The zero-order valence-corrected chi connectivity index (χ0v) is 15.7. The van der Waals surface area contributed by atoms with Crippen molar-refractivity contribution in [1.29, 1.82) is 0 Å². The molecule has 0 saturated heterocycles. The molecule has 1 aliphatic carbocycles. The fourth-order valence-corrected chi connectivity index (χ4v) is 3.36. The highest BCUT2D eigenvalue weighted by Crippen LogP contribution is 2.33. The third-order valence-electron chi connectivity index (χ3n) is 5.24. The Hall–Kier alpha value is -3.09. The van der Waals surface area contributed by atoms with Crippen LogP contribution in [0.15, 0.2) is 52.2 Å². The fourth-order valence-electron chi connectivity index (χ4n) is 3.36. The predicted octanol–water partition coefficient (Wildman–Crippen LogP) is 3.31. The van der Waals surface area contributed by atoms with Crippen LogP contribution in [0.25, 0.3) is 0 Å². The topological polar surface area (TPSA) is 81.3 Å². The van der Waals surface area contributed by atoms with Crippen LogP contribution in [0.4, 0.5) is 0 Å². The Kier molecular flexibility index (Phi) is 5.14. The molecule has 0 bridgehead atoms. The SMILES string of the molecule is COc1ccc(C2=NN(C(=O)COC(=O)C3CCC3)[C@H](c3ccco3)C2)cc1. The first kappa shape index (κ1) is 18.3. The quantitative estimate of drug-likeness (QED) is 0.716. The summed E-state index contributed by atoms with van der Waals surface area (Å²) in [7, 11) is 1.61. The van der Waals surface area contributed by atoms with Gasteiger partial charge in [0.25, 0.3) is 5.91 Å². The molecule has 4 rings (SSSR count). The van der Waals surface area contributed by atoms with Gasteiger partial charge in [-0.05, 0) is 54.8 Å². The Labute approximate surface area is 162 Å². The highest BCUT2D eigenvalue weighted by atomic mass is 16.5. The van der Waals surface area contributed by atoms with Gasteiger partial charge >= 0.3 is 5.97 Å². The molecular formula is C21H22N2O5. The molecule has 1 saturated carbocycles. The van der Waals surface area contributed by atoms with Crippen LogP contribution in [-0.4, -0.2) is 36.3 Å². The molecule has 7 nitrogen and oxygen atoms in total. The second-order valence-corrected chi connectivity index (χ2v) is 6.98. The Morgan fingerprint density at radius 3 is 2.61 bits per heavy atom. The highest BCUT2D eigenvalue weighted by molar-refractivity contribution is 6.03. The van der Waals surface area contributed by atoms with Gasteiger partial charge in [-0.15, -0.1) is 0 Å². The van der Waals surface area contributed by atoms with E-state index in [1.54, 1.807) is 19.4 Å². The smallest absolute Gasteiger partial charge is 0.309 e. The van der Waals surface area contributed by atoms with E-state index in [1.165, 1.54) is 5.01 Å². The summed E-state index contributed by atoms with van der Waals surface area (Å²) in [5, 5.41) is 5.88. The van der Waals surface area contributed by atoms with Crippen LogP contribution >= 0.6 is 0 Å². The number of carbonyl (C=O) groups is 2. The van der Waals surface area contributed by atoms with Gasteiger partial charge in [0.05, 0.1) is 25.0 Å². The second-order valence-electron chi connectivity index (χ2n) is 6.98. The summed E-state index contributed by atoms with van der Waals surface area (Å²) in [4.78, 5) is 24.7. The molecule has 2 heterocycles. The minimum Gasteiger partial charge on any atom is -0.497 e. The molecule has 1 fully saturated rings. The van der Waals surface area contributed by atoms with Crippen LogP contribution in [0.3, 0.4) is 0 Å². The van der Waals surface area contributed by atoms with E-state index in [-0.39, 0.29) is 30.4 Å². The molecule has 7 heteroatoms. The van der Waals surface area contributed by atoms with Crippen molar-refractivity contribution in [3.8, 4) is 5.75 Å². The zero-order chi connectivity index (χ0) is 19.5. The van der Waals surface area contributed by atoms with Gasteiger partial charge in [0.15, 0.2) is 6.61 Å². The Bertz CT molecular complexity index is 869. The van der Waals surface area contributed by atoms with Gasteiger partial charge < -0.3 is 13.9 Å². The minimum atomic E-state index is -0.363. The number of methoxy groups -OCH3 is 1. The van der Waals surface area contributed by atoms with Crippen LogP contribution in [0.5, 0.6) is 5.75 Å². The lowest BCUT2D eigenvalue weighted by Crippen LogP contribution is -2.33. The minimum absolute atomic E-state index is 0.0642. The Balaban J connectivity index is 1.50. The summed E-state index contributed by atoms with van der Waals surface area (Å²) in [6.07, 6.45) is 4.80. The standard InChI is InChI=1S/C21H22N2O5/c1-26-16-9-7-14(8-10-16)17-12-18(19-6-3-11-27-19)23(22-17)20(24)13-28-21(25)15-4-2-5-15/h3,6-11,15,18H,2,4-5,12-13H2,1H3/t18-/m0/s1. The molecule has 1 atom stereocenters. The number of carbonyl (C=O) groups excluding carboxylic acids is 2. The first-order valence-corrected chi connectivity index (χ1v) is 9.39. The van der Waals surface area contributed by atoms with Crippen molar-refractivity contribution in [2.45, 2.75) is 31.7 Å². The Morgan fingerprint density at radius 2 is 2.00 bits per heavy atom. The average molecular weight is 382 g/mol.